The Morgan fingerprint density at radius 2 is 2.08 bits per heavy atom. The number of hydrogen-bond donors (Lipinski definition) is 2. The number of aromatic amines is 1. The average molecular weight is 186 g/mol. The lowest BCUT2D eigenvalue weighted by Crippen LogP contribution is -1.75. The van der Waals surface area contributed by atoms with Crippen molar-refractivity contribution in [1.82, 2.24) is 4.98 Å². The SMILES string of the molecule is Oc1cc2cc(F)c(Cl)cc2[nH]1. The number of benzene rings is 1. The van der Waals surface area contributed by atoms with Gasteiger partial charge in [0.2, 0.25) is 0 Å². The zero-order valence-corrected chi connectivity index (χ0v) is 6.69. The Kier molecular flexibility index (Phi) is 1.48. The predicted molar refractivity (Wildman–Crippen MR) is 44.9 cm³/mol. The van der Waals surface area contributed by atoms with Gasteiger partial charge in [-0.2, -0.15) is 0 Å². The molecule has 4 heteroatoms. The van der Waals surface area contributed by atoms with Gasteiger partial charge in [-0.15, -0.1) is 0 Å². The summed E-state index contributed by atoms with van der Waals surface area (Å²) >= 11 is 5.52. The zero-order chi connectivity index (χ0) is 8.72. The standard InChI is InChI=1S/C8H5ClFNO/c9-5-3-7-4(1-6(5)10)2-8(12)11-7/h1-3,11-12H. The van der Waals surface area contributed by atoms with Crippen LogP contribution in [0.25, 0.3) is 10.9 Å². The summed E-state index contributed by atoms with van der Waals surface area (Å²) in [5.74, 6) is -0.477. The summed E-state index contributed by atoms with van der Waals surface area (Å²) in [6, 6.07) is 4.15. The normalized spacial score (nSPS) is 10.8. The van der Waals surface area contributed by atoms with Crippen molar-refractivity contribution < 1.29 is 9.50 Å². The minimum absolute atomic E-state index is 0.00617. The topological polar surface area (TPSA) is 36.0 Å². The molecule has 1 aromatic carbocycles. The Labute approximate surface area is 72.6 Å². The number of hydrogen-bond acceptors (Lipinski definition) is 1. The molecule has 2 nitrogen and oxygen atoms in total. The van der Waals surface area contributed by atoms with Gasteiger partial charge >= 0.3 is 0 Å². The molecule has 0 unspecified atom stereocenters. The van der Waals surface area contributed by atoms with Crippen LogP contribution in [0.3, 0.4) is 0 Å². The lowest BCUT2D eigenvalue weighted by molar-refractivity contribution is 0.458. The first-order chi connectivity index (χ1) is 5.66. The minimum Gasteiger partial charge on any atom is -0.495 e. The quantitative estimate of drug-likeness (QED) is 0.651. The minimum atomic E-state index is -0.483. The molecule has 0 aliphatic carbocycles. The van der Waals surface area contributed by atoms with Crippen LogP contribution in [0.5, 0.6) is 5.88 Å². The van der Waals surface area contributed by atoms with Crippen LogP contribution < -0.4 is 0 Å². The van der Waals surface area contributed by atoms with E-state index < -0.39 is 5.82 Å². The molecule has 0 bridgehead atoms. The molecule has 0 radical (unpaired) electrons. The van der Waals surface area contributed by atoms with E-state index in [0.29, 0.717) is 10.9 Å². The summed E-state index contributed by atoms with van der Waals surface area (Å²) in [5.41, 5.74) is 0.624. The van der Waals surface area contributed by atoms with Crippen molar-refractivity contribution in [2.24, 2.45) is 0 Å². The van der Waals surface area contributed by atoms with Gasteiger partial charge in [0.15, 0.2) is 5.88 Å². The van der Waals surface area contributed by atoms with E-state index in [4.69, 9.17) is 16.7 Å². The Balaban J connectivity index is 2.83. The second-order valence-electron chi connectivity index (χ2n) is 2.51. The molecule has 0 saturated carbocycles. The van der Waals surface area contributed by atoms with Gasteiger partial charge in [-0.05, 0) is 12.1 Å². The van der Waals surface area contributed by atoms with Crippen LogP contribution in [0.2, 0.25) is 5.02 Å². The maximum absolute atomic E-state index is 12.8. The molecule has 62 valence electrons. The van der Waals surface area contributed by atoms with E-state index in [9.17, 15) is 4.39 Å². The smallest absolute Gasteiger partial charge is 0.189 e. The van der Waals surface area contributed by atoms with E-state index in [1.165, 1.54) is 18.2 Å². The van der Waals surface area contributed by atoms with Gasteiger partial charge in [0.05, 0.1) is 5.02 Å². The molecule has 0 amide bonds. The summed E-state index contributed by atoms with van der Waals surface area (Å²) in [4.78, 5) is 2.63. The molecule has 0 saturated heterocycles. The van der Waals surface area contributed by atoms with E-state index in [1.54, 1.807) is 0 Å². The number of aromatic hydroxyl groups is 1. The van der Waals surface area contributed by atoms with Gasteiger partial charge in [0.1, 0.15) is 5.82 Å². The Hall–Kier alpha value is -1.22. The number of aromatic nitrogens is 1. The molecule has 0 spiro atoms. The number of fused-ring (bicyclic) bond motifs is 1. The van der Waals surface area contributed by atoms with Gasteiger partial charge in [-0.3, -0.25) is 0 Å². The van der Waals surface area contributed by atoms with Crippen LogP contribution in [0, 0.1) is 5.82 Å². The molecule has 0 aliphatic heterocycles. The predicted octanol–water partition coefficient (Wildman–Crippen LogP) is 2.67. The third-order valence-corrected chi connectivity index (χ3v) is 1.94. The summed E-state index contributed by atoms with van der Waals surface area (Å²) < 4.78 is 12.8. The summed E-state index contributed by atoms with van der Waals surface area (Å²) in [5, 5.41) is 9.67. The van der Waals surface area contributed by atoms with E-state index in [0.717, 1.165) is 0 Å². The molecule has 0 aliphatic rings. The Bertz CT molecular complexity index is 399. The van der Waals surface area contributed by atoms with E-state index >= 15 is 0 Å². The first-order valence-corrected chi connectivity index (χ1v) is 3.71. The highest BCUT2D eigenvalue weighted by Crippen LogP contribution is 2.25. The maximum Gasteiger partial charge on any atom is 0.189 e. The molecule has 1 aromatic heterocycles. The van der Waals surface area contributed by atoms with Crippen molar-refractivity contribution in [2.75, 3.05) is 0 Å². The van der Waals surface area contributed by atoms with E-state index in [1.807, 2.05) is 0 Å². The molecular weight excluding hydrogens is 181 g/mol. The molecule has 2 N–H and O–H groups in total. The summed E-state index contributed by atoms with van der Waals surface area (Å²) in [6.07, 6.45) is 0. The lowest BCUT2D eigenvalue weighted by atomic mass is 10.2. The molecule has 2 rings (SSSR count). The van der Waals surface area contributed by atoms with Gasteiger partial charge < -0.3 is 10.1 Å². The largest absolute Gasteiger partial charge is 0.495 e. The highest BCUT2D eigenvalue weighted by molar-refractivity contribution is 6.31. The van der Waals surface area contributed by atoms with Crippen LogP contribution in [0.4, 0.5) is 4.39 Å². The molecule has 1 heterocycles. The van der Waals surface area contributed by atoms with Gasteiger partial charge in [0.25, 0.3) is 0 Å². The fraction of sp³-hybridized carbons (Fsp3) is 0. The Morgan fingerprint density at radius 1 is 1.33 bits per heavy atom. The second-order valence-corrected chi connectivity index (χ2v) is 2.92. The maximum atomic E-state index is 12.8. The third-order valence-electron chi connectivity index (χ3n) is 1.65. The van der Waals surface area contributed by atoms with Gasteiger partial charge in [0, 0.05) is 17.0 Å². The van der Waals surface area contributed by atoms with Gasteiger partial charge in [-0.1, -0.05) is 11.6 Å². The average Bonchev–Trinajstić information content (AvgIpc) is 2.30. The van der Waals surface area contributed by atoms with Crippen molar-refractivity contribution in [3.8, 4) is 5.88 Å². The van der Waals surface area contributed by atoms with Crippen LogP contribution in [-0.4, -0.2) is 10.1 Å². The first kappa shape index (κ1) is 7.43. The van der Waals surface area contributed by atoms with Crippen LogP contribution in [0.15, 0.2) is 18.2 Å². The highest BCUT2D eigenvalue weighted by atomic mass is 35.5. The van der Waals surface area contributed by atoms with Gasteiger partial charge in [-0.25, -0.2) is 4.39 Å². The van der Waals surface area contributed by atoms with Crippen molar-refractivity contribution in [3.05, 3.63) is 29.0 Å². The molecule has 0 atom stereocenters. The number of rotatable bonds is 0. The van der Waals surface area contributed by atoms with Crippen LogP contribution >= 0.6 is 11.6 Å². The highest BCUT2D eigenvalue weighted by Gasteiger charge is 2.04. The van der Waals surface area contributed by atoms with Crippen molar-refractivity contribution in [1.29, 1.82) is 0 Å². The fourth-order valence-electron chi connectivity index (χ4n) is 1.11. The number of H-pyrrole nitrogens is 1. The lowest BCUT2D eigenvalue weighted by Gasteiger charge is -1.92. The van der Waals surface area contributed by atoms with Crippen molar-refractivity contribution in [2.45, 2.75) is 0 Å². The fourth-order valence-corrected chi connectivity index (χ4v) is 1.27. The molecule has 12 heavy (non-hydrogen) atoms. The molecule has 0 fully saturated rings. The second kappa shape index (κ2) is 2.38. The third kappa shape index (κ3) is 1.02. The molecular formula is C8H5ClFNO. The number of halogens is 2. The van der Waals surface area contributed by atoms with Crippen molar-refractivity contribution in [3.63, 3.8) is 0 Å². The van der Waals surface area contributed by atoms with Crippen molar-refractivity contribution >= 4 is 22.5 Å². The van der Waals surface area contributed by atoms with E-state index in [-0.39, 0.29) is 10.9 Å². The molecule has 2 aromatic rings. The van der Waals surface area contributed by atoms with E-state index in [2.05, 4.69) is 4.98 Å². The van der Waals surface area contributed by atoms with Crippen LogP contribution in [-0.2, 0) is 0 Å². The van der Waals surface area contributed by atoms with Crippen LogP contribution in [0.1, 0.15) is 0 Å². The summed E-state index contributed by atoms with van der Waals surface area (Å²) in [7, 11) is 0. The summed E-state index contributed by atoms with van der Waals surface area (Å²) in [6.45, 7) is 0. The first-order valence-electron chi connectivity index (χ1n) is 3.33. The zero-order valence-electron chi connectivity index (χ0n) is 5.94. The Morgan fingerprint density at radius 3 is 2.83 bits per heavy atom. The number of nitrogens with one attached hydrogen (secondary N) is 1. The monoisotopic (exact) mass is 185 g/mol.